The van der Waals surface area contributed by atoms with Crippen LogP contribution in [0.1, 0.15) is 27.2 Å². The zero-order chi connectivity index (χ0) is 14.8. The highest BCUT2D eigenvalue weighted by atomic mass is 32.2. The molecule has 108 valence electrons. The Kier molecular flexibility index (Phi) is 4.39. The Labute approximate surface area is 112 Å². The monoisotopic (exact) mass is 289 g/mol. The molecule has 0 bridgehead atoms. The van der Waals surface area contributed by atoms with Crippen molar-refractivity contribution in [1.29, 1.82) is 0 Å². The smallest absolute Gasteiger partial charge is 0.310 e. The molecule has 0 spiro atoms. The highest BCUT2D eigenvalue weighted by Crippen LogP contribution is 2.31. The number of hydrogen-bond donors (Lipinski definition) is 2. The summed E-state index contributed by atoms with van der Waals surface area (Å²) in [6, 6.07) is -0.567. The summed E-state index contributed by atoms with van der Waals surface area (Å²) in [5.41, 5.74) is -1.16. The lowest BCUT2D eigenvalue weighted by molar-refractivity contribution is -0.153. The Hall–Kier alpha value is -1.37. The highest BCUT2D eigenvalue weighted by molar-refractivity contribution is 7.94. The Morgan fingerprint density at radius 1 is 1.47 bits per heavy atom. The molecule has 0 fully saturated rings. The molecule has 2 N–H and O–H groups in total. The number of hydrogen-bond acceptors (Lipinski definition) is 4. The van der Waals surface area contributed by atoms with Gasteiger partial charge in [0, 0.05) is 11.8 Å². The zero-order valence-electron chi connectivity index (χ0n) is 11.2. The van der Waals surface area contributed by atoms with Crippen LogP contribution in [0.4, 0.5) is 0 Å². The third-order valence-electron chi connectivity index (χ3n) is 3.57. The molecular formula is C12H19NO5S. The van der Waals surface area contributed by atoms with E-state index in [0.717, 1.165) is 5.41 Å². The Bertz CT molecular complexity index is 508. The lowest BCUT2D eigenvalue weighted by Gasteiger charge is -2.28. The molecule has 1 aliphatic rings. The van der Waals surface area contributed by atoms with Gasteiger partial charge in [-0.25, -0.2) is 8.42 Å². The predicted molar refractivity (Wildman–Crippen MR) is 70.1 cm³/mol. The molecule has 2 atom stereocenters. The molecule has 19 heavy (non-hydrogen) atoms. The van der Waals surface area contributed by atoms with Gasteiger partial charge in [-0.15, -0.1) is 0 Å². The third kappa shape index (κ3) is 3.79. The topological polar surface area (TPSA) is 101 Å². The molecule has 0 aliphatic carbocycles. The molecule has 1 aliphatic heterocycles. The van der Waals surface area contributed by atoms with Crippen molar-refractivity contribution in [3.63, 3.8) is 0 Å². The van der Waals surface area contributed by atoms with E-state index < -0.39 is 33.2 Å². The van der Waals surface area contributed by atoms with Crippen LogP contribution in [-0.2, 0) is 19.4 Å². The van der Waals surface area contributed by atoms with Gasteiger partial charge < -0.3 is 10.4 Å². The average Bonchev–Trinajstić information content (AvgIpc) is 2.56. The van der Waals surface area contributed by atoms with Crippen molar-refractivity contribution in [2.45, 2.75) is 33.2 Å². The number of carbonyl (C=O) groups is 2. The van der Waals surface area contributed by atoms with E-state index in [0.29, 0.717) is 0 Å². The molecule has 1 heterocycles. The maximum absolute atomic E-state index is 11.8. The summed E-state index contributed by atoms with van der Waals surface area (Å²) < 4.78 is 22.4. The van der Waals surface area contributed by atoms with Crippen molar-refractivity contribution in [2.75, 3.05) is 5.75 Å². The van der Waals surface area contributed by atoms with Crippen LogP contribution in [0, 0.1) is 11.3 Å². The SMILES string of the molecule is CC(C)C(C)(CC(=O)NC1C=CS(=O)(=O)C1)C(=O)O. The van der Waals surface area contributed by atoms with Crippen LogP contribution in [0.3, 0.4) is 0 Å². The lowest BCUT2D eigenvalue weighted by Crippen LogP contribution is -2.42. The summed E-state index contributed by atoms with van der Waals surface area (Å²) in [6.45, 7) is 4.99. The summed E-state index contributed by atoms with van der Waals surface area (Å²) in [6.07, 6.45) is 1.23. The summed E-state index contributed by atoms with van der Waals surface area (Å²) in [7, 11) is -3.23. The first-order chi connectivity index (χ1) is 8.57. The number of sulfone groups is 1. The maximum atomic E-state index is 11.8. The van der Waals surface area contributed by atoms with Gasteiger partial charge in [-0.05, 0) is 18.9 Å². The van der Waals surface area contributed by atoms with Crippen LogP contribution in [0.25, 0.3) is 0 Å². The van der Waals surface area contributed by atoms with Crippen LogP contribution < -0.4 is 5.32 Å². The number of carbonyl (C=O) groups excluding carboxylic acids is 1. The standard InChI is InChI=1S/C12H19NO5S/c1-8(2)12(3,11(15)16)6-10(14)13-9-4-5-19(17,18)7-9/h4-5,8-9H,6-7H2,1-3H3,(H,13,14)(H,15,16). The first-order valence-electron chi connectivity index (χ1n) is 6.00. The second kappa shape index (κ2) is 5.32. The second-order valence-corrected chi connectivity index (χ2v) is 7.32. The minimum Gasteiger partial charge on any atom is -0.481 e. The van der Waals surface area contributed by atoms with Crippen molar-refractivity contribution in [3.8, 4) is 0 Å². The minimum atomic E-state index is -3.23. The van der Waals surface area contributed by atoms with Crippen molar-refractivity contribution in [1.82, 2.24) is 5.32 Å². The average molecular weight is 289 g/mol. The van der Waals surface area contributed by atoms with Gasteiger partial charge in [-0.2, -0.15) is 0 Å². The predicted octanol–water partition coefficient (Wildman–Crippen LogP) is 0.550. The molecule has 0 saturated heterocycles. The first-order valence-corrected chi connectivity index (χ1v) is 7.72. The van der Waals surface area contributed by atoms with E-state index in [-0.39, 0.29) is 18.1 Å². The molecule has 7 heteroatoms. The molecule has 0 saturated carbocycles. The van der Waals surface area contributed by atoms with Gasteiger partial charge in [0.1, 0.15) is 0 Å². The van der Waals surface area contributed by atoms with Crippen LogP contribution in [0.5, 0.6) is 0 Å². The maximum Gasteiger partial charge on any atom is 0.310 e. The molecule has 0 aromatic rings. The van der Waals surface area contributed by atoms with E-state index in [2.05, 4.69) is 5.32 Å². The van der Waals surface area contributed by atoms with E-state index in [9.17, 15) is 23.1 Å². The van der Waals surface area contributed by atoms with Crippen LogP contribution in [0.15, 0.2) is 11.5 Å². The molecule has 0 aromatic carbocycles. The van der Waals surface area contributed by atoms with E-state index in [1.165, 1.54) is 13.0 Å². The number of carboxylic acids is 1. The van der Waals surface area contributed by atoms with Crippen molar-refractivity contribution in [2.24, 2.45) is 11.3 Å². The molecule has 6 nitrogen and oxygen atoms in total. The molecule has 1 amide bonds. The van der Waals surface area contributed by atoms with Gasteiger partial charge in [0.05, 0.1) is 17.2 Å². The number of carboxylic acid groups (broad SMARTS) is 1. The van der Waals surface area contributed by atoms with Gasteiger partial charge in [0.2, 0.25) is 5.91 Å². The summed E-state index contributed by atoms with van der Waals surface area (Å²) in [4.78, 5) is 23.1. The van der Waals surface area contributed by atoms with Gasteiger partial charge in [-0.3, -0.25) is 9.59 Å². The van der Waals surface area contributed by atoms with Gasteiger partial charge >= 0.3 is 5.97 Å². The zero-order valence-corrected chi connectivity index (χ0v) is 12.0. The van der Waals surface area contributed by atoms with E-state index >= 15 is 0 Å². The summed E-state index contributed by atoms with van der Waals surface area (Å²) >= 11 is 0. The van der Waals surface area contributed by atoms with Crippen molar-refractivity contribution < 1.29 is 23.1 Å². The Balaban J connectivity index is 2.66. The number of nitrogens with one attached hydrogen (secondary N) is 1. The second-order valence-electron chi connectivity index (χ2n) is 5.39. The van der Waals surface area contributed by atoms with E-state index in [1.54, 1.807) is 13.8 Å². The number of aliphatic carboxylic acids is 1. The van der Waals surface area contributed by atoms with Crippen LogP contribution in [-0.4, -0.2) is 37.2 Å². The fourth-order valence-electron chi connectivity index (χ4n) is 1.78. The van der Waals surface area contributed by atoms with E-state index in [4.69, 9.17) is 0 Å². The Morgan fingerprint density at radius 2 is 2.05 bits per heavy atom. The van der Waals surface area contributed by atoms with Crippen molar-refractivity contribution in [3.05, 3.63) is 11.5 Å². The fourth-order valence-corrected chi connectivity index (χ4v) is 3.02. The first kappa shape index (κ1) is 15.7. The van der Waals surface area contributed by atoms with Crippen LogP contribution >= 0.6 is 0 Å². The normalized spacial score (nSPS) is 24.1. The fraction of sp³-hybridized carbons (Fsp3) is 0.667. The summed E-state index contributed by atoms with van der Waals surface area (Å²) in [5, 5.41) is 12.8. The minimum absolute atomic E-state index is 0.162. The molecule has 1 rings (SSSR count). The van der Waals surface area contributed by atoms with Gasteiger partial charge in [0.25, 0.3) is 0 Å². The van der Waals surface area contributed by atoms with Gasteiger partial charge in [0.15, 0.2) is 9.84 Å². The molecule has 0 radical (unpaired) electrons. The lowest BCUT2D eigenvalue weighted by atomic mass is 9.76. The Morgan fingerprint density at radius 3 is 2.42 bits per heavy atom. The van der Waals surface area contributed by atoms with Crippen molar-refractivity contribution >= 4 is 21.7 Å². The highest BCUT2D eigenvalue weighted by Gasteiger charge is 2.39. The quantitative estimate of drug-likeness (QED) is 0.769. The summed E-state index contributed by atoms with van der Waals surface area (Å²) in [5.74, 6) is -1.86. The number of amides is 1. The molecule has 0 aromatic heterocycles. The third-order valence-corrected chi connectivity index (χ3v) is 4.96. The molecule has 2 unspecified atom stereocenters. The van der Waals surface area contributed by atoms with E-state index in [1.807, 2.05) is 0 Å². The van der Waals surface area contributed by atoms with Gasteiger partial charge in [-0.1, -0.05) is 13.8 Å². The largest absolute Gasteiger partial charge is 0.481 e. The van der Waals surface area contributed by atoms with Crippen LogP contribution in [0.2, 0.25) is 0 Å². The number of rotatable bonds is 5. The molecular weight excluding hydrogens is 270 g/mol.